The highest BCUT2D eigenvalue weighted by molar-refractivity contribution is 7.99. The smallest absolute Gasteiger partial charge is 0.223 e. The second-order valence-electron chi connectivity index (χ2n) is 5.53. The number of carbonyl (C=O) groups excluding carboxylic acids is 1. The fourth-order valence-corrected chi connectivity index (χ4v) is 3.33. The Balaban J connectivity index is 1.74. The summed E-state index contributed by atoms with van der Waals surface area (Å²) in [6.45, 7) is 4.98. The van der Waals surface area contributed by atoms with Crippen LogP contribution in [0.1, 0.15) is 30.4 Å². The quantitative estimate of drug-likeness (QED) is 0.810. The van der Waals surface area contributed by atoms with E-state index >= 15 is 0 Å². The van der Waals surface area contributed by atoms with Crippen molar-refractivity contribution in [3.63, 3.8) is 0 Å². The van der Waals surface area contributed by atoms with E-state index < -0.39 is 0 Å². The standard InChI is InChI=1S/C15H19N5OS/c1-11-6-7-13(9-12(11)2)20-15(16-17-18-20)22-10-19-8-4-3-5-14(19)21/h6-7,9H,3-5,8,10H2,1-2H3. The van der Waals surface area contributed by atoms with Crippen LogP contribution in [-0.4, -0.2) is 43.4 Å². The number of aryl methyl sites for hydroxylation is 2. The Labute approximate surface area is 133 Å². The van der Waals surface area contributed by atoms with E-state index in [-0.39, 0.29) is 5.91 Å². The second kappa shape index (κ2) is 6.48. The molecule has 6 nitrogen and oxygen atoms in total. The molecular formula is C15H19N5OS. The van der Waals surface area contributed by atoms with Gasteiger partial charge in [-0.2, -0.15) is 4.68 Å². The minimum Gasteiger partial charge on any atom is -0.333 e. The first-order valence-corrected chi connectivity index (χ1v) is 8.40. The maximum Gasteiger partial charge on any atom is 0.223 e. The number of rotatable bonds is 4. The topological polar surface area (TPSA) is 63.9 Å². The molecule has 7 heteroatoms. The van der Waals surface area contributed by atoms with E-state index in [2.05, 4.69) is 41.5 Å². The van der Waals surface area contributed by atoms with Gasteiger partial charge in [0.1, 0.15) is 0 Å². The van der Waals surface area contributed by atoms with Gasteiger partial charge in [-0.15, -0.1) is 5.10 Å². The van der Waals surface area contributed by atoms with Gasteiger partial charge in [-0.25, -0.2) is 0 Å². The molecule has 1 saturated heterocycles. The van der Waals surface area contributed by atoms with Crippen LogP contribution in [0.25, 0.3) is 5.69 Å². The molecule has 0 radical (unpaired) electrons. The molecule has 1 amide bonds. The molecule has 1 aliphatic heterocycles. The Hall–Kier alpha value is -1.89. The Morgan fingerprint density at radius 2 is 2.09 bits per heavy atom. The van der Waals surface area contributed by atoms with Gasteiger partial charge in [-0.1, -0.05) is 17.8 Å². The number of tetrazole rings is 1. The van der Waals surface area contributed by atoms with Crippen LogP contribution in [0.5, 0.6) is 0 Å². The van der Waals surface area contributed by atoms with Gasteiger partial charge in [-0.05, 0) is 60.4 Å². The average molecular weight is 317 g/mol. The Morgan fingerprint density at radius 3 is 2.86 bits per heavy atom. The Kier molecular flexibility index (Phi) is 4.42. The zero-order valence-electron chi connectivity index (χ0n) is 12.8. The van der Waals surface area contributed by atoms with Crippen LogP contribution >= 0.6 is 11.8 Å². The maximum absolute atomic E-state index is 11.8. The van der Waals surface area contributed by atoms with Crippen LogP contribution < -0.4 is 0 Å². The molecule has 0 spiro atoms. The molecule has 0 bridgehead atoms. The highest BCUT2D eigenvalue weighted by Crippen LogP contribution is 2.22. The predicted octanol–water partition coefficient (Wildman–Crippen LogP) is 2.34. The van der Waals surface area contributed by atoms with Gasteiger partial charge in [0, 0.05) is 13.0 Å². The van der Waals surface area contributed by atoms with Crippen LogP contribution in [0.3, 0.4) is 0 Å². The highest BCUT2D eigenvalue weighted by atomic mass is 32.2. The lowest BCUT2D eigenvalue weighted by atomic mass is 10.1. The summed E-state index contributed by atoms with van der Waals surface area (Å²) in [5.74, 6) is 0.827. The summed E-state index contributed by atoms with van der Waals surface area (Å²) in [5, 5.41) is 12.6. The number of piperidine rings is 1. The van der Waals surface area contributed by atoms with E-state index in [0.29, 0.717) is 17.5 Å². The zero-order valence-corrected chi connectivity index (χ0v) is 13.6. The largest absolute Gasteiger partial charge is 0.333 e. The fraction of sp³-hybridized carbons (Fsp3) is 0.467. The zero-order chi connectivity index (χ0) is 15.5. The van der Waals surface area contributed by atoms with Gasteiger partial charge in [-0.3, -0.25) is 4.79 Å². The number of nitrogens with zero attached hydrogens (tertiary/aromatic N) is 5. The van der Waals surface area contributed by atoms with Crippen molar-refractivity contribution in [1.29, 1.82) is 0 Å². The minimum absolute atomic E-state index is 0.226. The summed E-state index contributed by atoms with van der Waals surface area (Å²) in [4.78, 5) is 13.7. The second-order valence-corrected chi connectivity index (χ2v) is 6.44. The molecule has 0 atom stereocenters. The molecule has 2 aromatic rings. The van der Waals surface area contributed by atoms with Gasteiger partial charge in [0.25, 0.3) is 0 Å². The molecule has 2 heterocycles. The van der Waals surface area contributed by atoms with Crippen molar-refractivity contribution in [1.82, 2.24) is 25.1 Å². The number of hydrogen-bond donors (Lipinski definition) is 0. The van der Waals surface area contributed by atoms with Crippen molar-refractivity contribution in [3.05, 3.63) is 29.3 Å². The van der Waals surface area contributed by atoms with E-state index in [0.717, 1.165) is 25.1 Å². The first-order chi connectivity index (χ1) is 10.6. The summed E-state index contributed by atoms with van der Waals surface area (Å²) in [6, 6.07) is 6.14. The van der Waals surface area contributed by atoms with Gasteiger partial charge in [0.05, 0.1) is 11.6 Å². The number of benzene rings is 1. The van der Waals surface area contributed by atoms with Crippen molar-refractivity contribution < 1.29 is 4.79 Å². The van der Waals surface area contributed by atoms with Gasteiger partial charge in [0.2, 0.25) is 11.1 Å². The first-order valence-electron chi connectivity index (χ1n) is 7.42. The summed E-state index contributed by atoms with van der Waals surface area (Å²) < 4.78 is 1.73. The number of carbonyl (C=O) groups is 1. The molecule has 1 fully saturated rings. The van der Waals surface area contributed by atoms with Crippen molar-refractivity contribution in [2.75, 3.05) is 12.4 Å². The lowest BCUT2D eigenvalue weighted by molar-refractivity contribution is -0.132. The maximum atomic E-state index is 11.8. The molecule has 0 saturated carbocycles. The van der Waals surface area contributed by atoms with Crippen molar-refractivity contribution >= 4 is 17.7 Å². The summed E-state index contributed by atoms with van der Waals surface area (Å²) in [7, 11) is 0. The van der Waals surface area contributed by atoms with Crippen molar-refractivity contribution in [2.45, 2.75) is 38.3 Å². The molecule has 22 heavy (non-hydrogen) atoms. The van der Waals surface area contributed by atoms with E-state index in [4.69, 9.17) is 0 Å². The minimum atomic E-state index is 0.226. The van der Waals surface area contributed by atoms with Gasteiger partial charge < -0.3 is 4.90 Å². The van der Waals surface area contributed by atoms with Crippen LogP contribution in [0.2, 0.25) is 0 Å². The fourth-order valence-electron chi connectivity index (χ4n) is 2.42. The molecular weight excluding hydrogens is 298 g/mol. The van der Waals surface area contributed by atoms with Gasteiger partial charge >= 0.3 is 0 Å². The number of hydrogen-bond acceptors (Lipinski definition) is 5. The molecule has 116 valence electrons. The van der Waals surface area contributed by atoms with Crippen LogP contribution in [0.4, 0.5) is 0 Å². The van der Waals surface area contributed by atoms with Crippen LogP contribution in [0, 0.1) is 13.8 Å². The first kappa shape index (κ1) is 15.0. The summed E-state index contributed by atoms with van der Waals surface area (Å²) in [6.07, 6.45) is 2.73. The average Bonchev–Trinajstić information content (AvgIpc) is 2.98. The molecule has 1 aromatic heterocycles. The predicted molar refractivity (Wildman–Crippen MR) is 84.9 cm³/mol. The lowest BCUT2D eigenvalue weighted by Gasteiger charge is -2.25. The van der Waals surface area contributed by atoms with E-state index in [1.54, 1.807) is 4.68 Å². The third-order valence-electron chi connectivity index (χ3n) is 3.95. The van der Waals surface area contributed by atoms with Crippen LogP contribution in [-0.2, 0) is 4.79 Å². The monoisotopic (exact) mass is 317 g/mol. The van der Waals surface area contributed by atoms with E-state index in [1.165, 1.54) is 22.9 Å². The molecule has 3 rings (SSSR count). The third-order valence-corrected chi connectivity index (χ3v) is 4.90. The number of thioether (sulfide) groups is 1. The lowest BCUT2D eigenvalue weighted by Crippen LogP contribution is -2.34. The SMILES string of the molecule is Cc1ccc(-n2nnnc2SCN2CCCCC2=O)cc1C. The van der Waals surface area contributed by atoms with Crippen molar-refractivity contribution in [2.24, 2.45) is 0 Å². The summed E-state index contributed by atoms with van der Waals surface area (Å²) in [5.41, 5.74) is 3.39. The Morgan fingerprint density at radius 1 is 1.23 bits per heavy atom. The van der Waals surface area contributed by atoms with E-state index in [1.807, 2.05) is 11.0 Å². The summed E-state index contributed by atoms with van der Waals surface area (Å²) >= 11 is 1.50. The molecule has 0 aliphatic carbocycles. The van der Waals surface area contributed by atoms with Gasteiger partial charge in [0.15, 0.2) is 0 Å². The third kappa shape index (κ3) is 3.14. The number of aromatic nitrogens is 4. The normalized spacial score (nSPS) is 15.4. The molecule has 1 aromatic carbocycles. The van der Waals surface area contributed by atoms with E-state index in [9.17, 15) is 4.79 Å². The molecule has 1 aliphatic rings. The van der Waals surface area contributed by atoms with Crippen molar-refractivity contribution in [3.8, 4) is 5.69 Å². The number of amides is 1. The highest BCUT2D eigenvalue weighted by Gasteiger charge is 2.19. The molecule has 0 N–H and O–H groups in total. The number of likely N-dealkylation sites (tertiary alicyclic amines) is 1. The molecule has 0 unspecified atom stereocenters. The Bertz CT molecular complexity index is 684. The van der Waals surface area contributed by atoms with Crippen LogP contribution in [0.15, 0.2) is 23.4 Å².